The maximum atomic E-state index is 12.2. The van der Waals surface area contributed by atoms with Crippen LogP contribution < -0.4 is 15.9 Å². The topological polar surface area (TPSA) is 109 Å². The number of hydrogen-bond donors (Lipinski definition) is 1. The van der Waals surface area contributed by atoms with Crippen LogP contribution in [0.2, 0.25) is 0 Å². The zero-order chi connectivity index (χ0) is 17.1. The average molecular weight is 323 g/mol. The van der Waals surface area contributed by atoms with Crippen LogP contribution >= 0.6 is 0 Å². The summed E-state index contributed by atoms with van der Waals surface area (Å²) in [6.07, 6.45) is 0.503. The summed E-state index contributed by atoms with van der Waals surface area (Å²) in [5, 5.41) is 9.30. The molecule has 1 aromatic carbocycles. The molecule has 0 fully saturated rings. The Bertz CT molecular complexity index is 1060. The first-order valence-electron chi connectivity index (χ1n) is 7.30. The van der Waals surface area contributed by atoms with Crippen molar-refractivity contribution in [2.45, 2.75) is 20.0 Å². The molecule has 24 heavy (non-hydrogen) atoms. The van der Waals surface area contributed by atoms with Crippen molar-refractivity contribution >= 4 is 11.1 Å². The summed E-state index contributed by atoms with van der Waals surface area (Å²) in [4.78, 5) is 30.4. The van der Waals surface area contributed by atoms with Crippen molar-refractivity contribution < 1.29 is 9.15 Å². The van der Waals surface area contributed by atoms with Gasteiger partial charge in [-0.25, -0.2) is 4.79 Å². The highest BCUT2D eigenvalue weighted by molar-refractivity contribution is 5.75. The molecule has 3 aromatic rings. The van der Waals surface area contributed by atoms with Crippen molar-refractivity contribution in [1.29, 1.82) is 5.26 Å². The number of aromatic nitrogens is 2. The molecule has 3 rings (SSSR count). The summed E-state index contributed by atoms with van der Waals surface area (Å²) in [7, 11) is 0. The Morgan fingerprint density at radius 3 is 2.83 bits per heavy atom. The van der Waals surface area contributed by atoms with Gasteiger partial charge in [0.25, 0.3) is 11.6 Å². The molecule has 0 saturated heterocycles. The Morgan fingerprint density at radius 2 is 2.08 bits per heavy atom. The molecule has 0 aliphatic heterocycles. The normalized spacial score (nSPS) is 10.5. The molecule has 7 heteroatoms. The standard InChI is InChI=1S/C17H13N3O4/c1-2-10-7-13(21)24-16-14(10)15(22)19-17(20-16)23-9-12-6-4-3-5-11(12)8-18/h3-7H,2,9H2,1H3,(H,19,20,22). The molecule has 0 bridgehead atoms. The molecule has 0 aliphatic carbocycles. The molecule has 0 aliphatic rings. The van der Waals surface area contributed by atoms with Gasteiger partial charge >= 0.3 is 5.63 Å². The van der Waals surface area contributed by atoms with Crippen LogP contribution in [0.25, 0.3) is 11.1 Å². The van der Waals surface area contributed by atoms with Crippen LogP contribution in [0.5, 0.6) is 6.01 Å². The number of hydrogen-bond acceptors (Lipinski definition) is 6. The first-order chi connectivity index (χ1) is 11.6. The Labute approximate surface area is 136 Å². The lowest BCUT2D eigenvalue weighted by Crippen LogP contribution is -2.15. The lowest BCUT2D eigenvalue weighted by atomic mass is 10.1. The molecular formula is C17H13N3O4. The second-order valence-electron chi connectivity index (χ2n) is 5.05. The van der Waals surface area contributed by atoms with E-state index in [0.717, 1.165) is 0 Å². The van der Waals surface area contributed by atoms with Gasteiger partial charge in [-0.05, 0) is 18.1 Å². The number of nitrogens with one attached hydrogen (secondary N) is 1. The summed E-state index contributed by atoms with van der Waals surface area (Å²) >= 11 is 0. The Balaban J connectivity index is 1.98. The molecule has 0 spiro atoms. The predicted octanol–water partition coefficient (Wildman–Crippen LogP) is 1.89. The van der Waals surface area contributed by atoms with Gasteiger partial charge in [0, 0.05) is 11.6 Å². The molecule has 0 radical (unpaired) electrons. The molecule has 1 N–H and O–H groups in total. The highest BCUT2D eigenvalue weighted by atomic mass is 16.5. The maximum absolute atomic E-state index is 12.2. The van der Waals surface area contributed by atoms with E-state index in [-0.39, 0.29) is 23.7 Å². The summed E-state index contributed by atoms with van der Waals surface area (Å²) in [5.41, 5.74) is 0.623. The number of nitrogens with zero attached hydrogens (tertiary/aromatic N) is 2. The van der Waals surface area contributed by atoms with Crippen molar-refractivity contribution in [2.24, 2.45) is 0 Å². The van der Waals surface area contributed by atoms with Crippen LogP contribution in [0.3, 0.4) is 0 Å². The first kappa shape index (κ1) is 15.5. The van der Waals surface area contributed by atoms with Crippen LogP contribution in [0.4, 0.5) is 0 Å². The second kappa shape index (κ2) is 6.38. The highest BCUT2D eigenvalue weighted by Crippen LogP contribution is 2.15. The molecule has 2 aromatic heterocycles. The fraction of sp³-hybridized carbons (Fsp3) is 0.176. The molecule has 0 unspecified atom stereocenters. The van der Waals surface area contributed by atoms with Gasteiger partial charge in [-0.1, -0.05) is 25.1 Å². The molecule has 0 saturated carbocycles. The van der Waals surface area contributed by atoms with Gasteiger partial charge in [0.2, 0.25) is 5.71 Å². The number of aromatic amines is 1. The van der Waals surface area contributed by atoms with Crippen molar-refractivity contribution in [2.75, 3.05) is 0 Å². The van der Waals surface area contributed by atoms with E-state index < -0.39 is 11.2 Å². The number of nitriles is 1. The quantitative estimate of drug-likeness (QED) is 0.785. The molecule has 2 heterocycles. The molecule has 120 valence electrons. The van der Waals surface area contributed by atoms with E-state index >= 15 is 0 Å². The largest absolute Gasteiger partial charge is 0.460 e. The van der Waals surface area contributed by atoms with Crippen LogP contribution in [0, 0.1) is 11.3 Å². The van der Waals surface area contributed by atoms with Crippen LogP contribution in [0.1, 0.15) is 23.6 Å². The SMILES string of the molecule is CCc1cc(=O)oc2nc(OCc3ccccc3C#N)[nH]c(=O)c12. The number of aryl methyl sites for hydroxylation is 1. The fourth-order valence-electron chi connectivity index (χ4n) is 2.38. The number of ether oxygens (including phenoxy) is 1. The van der Waals surface area contributed by atoms with E-state index in [1.54, 1.807) is 24.3 Å². The van der Waals surface area contributed by atoms with Gasteiger partial charge in [-0.3, -0.25) is 9.78 Å². The molecule has 0 amide bonds. The van der Waals surface area contributed by atoms with Gasteiger partial charge < -0.3 is 9.15 Å². The van der Waals surface area contributed by atoms with Crippen molar-refractivity contribution in [3.8, 4) is 12.1 Å². The third kappa shape index (κ3) is 2.90. The van der Waals surface area contributed by atoms with Gasteiger partial charge in [-0.15, -0.1) is 0 Å². The smallest absolute Gasteiger partial charge is 0.337 e. The molecular weight excluding hydrogens is 310 g/mol. The van der Waals surface area contributed by atoms with Crippen LogP contribution in [-0.2, 0) is 13.0 Å². The zero-order valence-corrected chi connectivity index (χ0v) is 12.8. The third-order valence-corrected chi connectivity index (χ3v) is 3.56. The first-order valence-corrected chi connectivity index (χ1v) is 7.30. The summed E-state index contributed by atoms with van der Waals surface area (Å²) in [5.74, 6) is 0. The van der Waals surface area contributed by atoms with E-state index in [1.807, 2.05) is 6.92 Å². The van der Waals surface area contributed by atoms with E-state index in [2.05, 4.69) is 16.0 Å². The second-order valence-corrected chi connectivity index (χ2v) is 5.05. The van der Waals surface area contributed by atoms with Crippen molar-refractivity contribution in [3.63, 3.8) is 0 Å². The summed E-state index contributed by atoms with van der Waals surface area (Å²) < 4.78 is 10.5. The minimum Gasteiger partial charge on any atom is -0.460 e. The molecule has 0 atom stereocenters. The summed E-state index contributed by atoms with van der Waals surface area (Å²) in [6.45, 7) is 1.88. The number of rotatable bonds is 4. The Kier molecular flexibility index (Phi) is 4.12. The average Bonchev–Trinajstić information content (AvgIpc) is 2.59. The van der Waals surface area contributed by atoms with Gasteiger partial charge in [0.1, 0.15) is 12.0 Å². The number of benzene rings is 1. The molecule has 7 nitrogen and oxygen atoms in total. The zero-order valence-electron chi connectivity index (χ0n) is 12.8. The van der Waals surface area contributed by atoms with Crippen molar-refractivity contribution in [1.82, 2.24) is 9.97 Å². The van der Waals surface area contributed by atoms with Crippen molar-refractivity contribution in [3.05, 3.63) is 67.8 Å². The van der Waals surface area contributed by atoms with Crippen LogP contribution in [0.15, 0.2) is 44.3 Å². The predicted molar refractivity (Wildman–Crippen MR) is 85.8 cm³/mol. The lowest BCUT2D eigenvalue weighted by molar-refractivity contribution is 0.279. The van der Waals surface area contributed by atoms with E-state index in [4.69, 9.17) is 14.4 Å². The van der Waals surface area contributed by atoms with Gasteiger partial charge in [0.05, 0.1) is 11.6 Å². The Hall–Kier alpha value is -3.40. The van der Waals surface area contributed by atoms with E-state index in [1.165, 1.54) is 6.07 Å². The number of fused-ring (bicyclic) bond motifs is 1. The maximum Gasteiger partial charge on any atom is 0.337 e. The van der Waals surface area contributed by atoms with Gasteiger partial charge in [0.15, 0.2) is 0 Å². The minimum atomic E-state index is -0.571. The van der Waals surface area contributed by atoms with E-state index in [9.17, 15) is 9.59 Å². The highest BCUT2D eigenvalue weighted by Gasteiger charge is 2.12. The van der Waals surface area contributed by atoms with E-state index in [0.29, 0.717) is 23.1 Å². The Morgan fingerprint density at radius 1 is 1.29 bits per heavy atom. The third-order valence-electron chi connectivity index (χ3n) is 3.56. The number of H-pyrrole nitrogens is 1. The lowest BCUT2D eigenvalue weighted by Gasteiger charge is -2.07. The minimum absolute atomic E-state index is 0.0515. The monoisotopic (exact) mass is 323 g/mol. The van der Waals surface area contributed by atoms with Gasteiger partial charge in [-0.2, -0.15) is 10.2 Å². The fourth-order valence-corrected chi connectivity index (χ4v) is 2.38. The van der Waals surface area contributed by atoms with Crippen LogP contribution in [-0.4, -0.2) is 9.97 Å². The summed E-state index contributed by atoms with van der Waals surface area (Å²) in [6, 6.07) is 10.2.